The fourth-order valence-corrected chi connectivity index (χ4v) is 2.48. The lowest BCUT2D eigenvalue weighted by atomic mass is 9.87. The molecule has 0 radical (unpaired) electrons. The van der Waals surface area contributed by atoms with E-state index in [1.807, 2.05) is 0 Å². The summed E-state index contributed by atoms with van der Waals surface area (Å²) in [6.07, 6.45) is -1.22. The van der Waals surface area contributed by atoms with E-state index in [2.05, 4.69) is 0 Å². The van der Waals surface area contributed by atoms with Crippen molar-refractivity contribution in [1.29, 1.82) is 0 Å². The van der Waals surface area contributed by atoms with Gasteiger partial charge in [-0.2, -0.15) is 0 Å². The predicted octanol–water partition coefficient (Wildman–Crippen LogP) is 3.15. The molecule has 1 fully saturated rings. The summed E-state index contributed by atoms with van der Waals surface area (Å²) in [5, 5.41) is 0. The molecule has 0 aliphatic heterocycles. The average molecular weight is 259 g/mol. The van der Waals surface area contributed by atoms with Gasteiger partial charge in [0.2, 0.25) is 0 Å². The van der Waals surface area contributed by atoms with Crippen molar-refractivity contribution in [2.75, 3.05) is 7.11 Å². The van der Waals surface area contributed by atoms with Crippen molar-refractivity contribution in [3.8, 4) is 5.75 Å². The van der Waals surface area contributed by atoms with Crippen molar-refractivity contribution in [3.05, 3.63) is 29.1 Å². The first-order valence-electron chi connectivity index (χ1n) is 5.84. The van der Waals surface area contributed by atoms with Crippen LogP contribution in [0.3, 0.4) is 0 Å². The maximum Gasteiger partial charge on any atom is 0.267 e. The number of halogens is 3. The molecule has 0 aromatic heterocycles. The van der Waals surface area contributed by atoms with Crippen molar-refractivity contribution < 1.29 is 17.9 Å². The average Bonchev–Trinajstić information content (AvgIpc) is 3.08. The van der Waals surface area contributed by atoms with E-state index < -0.39 is 23.2 Å². The third kappa shape index (κ3) is 1.96. The van der Waals surface area contributed by atoms with Gasteiger partial charge in [0.15, 0.2) is 0 Å². The fourth-order valence-electron chi connectivity index (χ4n) is 2.48. The Morgan fingerprint density at radius 3 is 2.33 bits per heavy atom. The molecule has 0 spiro atoms. The van der Waals surface area contributed by atoms with E-state index in [9.17, 15) is 13.2 Å². The molecule has 2 N–H and O–H groups in total. The first-order chi connectivity index (χ1) is 8.42. The fraction of sp³-hybridized carbons (Fsp3) is 0.538. The molecule has 1 unspecified atom stereocenters. The highest BCUT2D eigenvalue weighted by molar-refractivity contribution is 5.50. The summed E-state index contributed by atoms with van der Waals surface area (Å²) < 4.78 is 44.4. The molecule has 1 aromatic carbocycles. The molecule has 2 rings (SSSR count). The third-order valence-corrected chi connectivity index (χ3v) is 3.72. The van der Waals surface area contributed by atoms with Crippen LogP contribution in [0.4, 0.5) is 13.2 Å². The zero-order valence-corrected chi connectivity index (χ0v) is 10.3. The largest absolute Gasteiger partial charge is 0.496 e. The van der Waals surface area contributed by atoms with E-state index in [0.717, 1.165) is 18.9 Å². The molecular weight excluding hydrogens is 243 g/mol. The lowest BCUT2D eigenvalue weighted by Gasteiger charge is -2.24. The molecule has 0 amide bonds. The first kappa shape index (κ1) is 13.2. The Hall–Kier alpha value is -1.23. The van der Waals surface area contributed by atoms with Crippen molar-refractivity contribution in [2.24, 2.45) is 5.73 Å². The molecule has 0 heterocycles. The zero-order valence-electron chi connectivity index (χ0n) is 10.3. The lowest BCUT2D eigenvalue weighted by Crippen LogP contribution is -2.32. The predicted molar refractivity (Wildman–Crippen MR) is 62.5 cm³/mol. The monoisotopic (exact) mass is 259 g/mol. The topological polar surface area (TPSA) is 35.2 Å². The number of hydrogen-bond donors (Lipinski definition) is 1. The van der Waals surface area contributed by atoms with Crippen LogP contribution >= 0.6 is 0 Å². The van der Waals surface area contributed by atoms with Crippen LogP contribution in [0.2, 0.25) is 0 Å². The quantitative estimate of drug-likeness (QED) is 0.901. The molecule has 100 valence electrons. The lowest BCUT2D eigenvalue weighted by molar-refractivity contribution is 0.146. The number of alkyl halides is 2. The van der Waals surface area contributed by atoms with E-state index in [0.29, 0.717) is 5.56 Å². The van der Waals surface area contributed by atoms with Crippen LogP contribution in [-0.4, -0.2) is 13.2 Å². The summed E-state index contributed by atoms with van der Waals surface area (Å²) in [6.45, 7) is 1.80. The van der Waals surface area contributed by atoms with Gasteiger partial charge in [-0.05, 0) is 31.9 Å². The van der Waals surface area contributed by atoms with Gasteiger partial charge in [-0.3, -0.25) is 0 Å². The van der Waals surface area contributed by atoms with Crippen LogP contribution in [0.15, 0.2) is 12.1 Å². The molecule has 0 bridgehead atoms. The normalized spacial score (nSPS) is 18.8. The highest BCUT2D eigenvalue weighted by atomic mass is 19.3. The van der Waals surface area contributed by atoms with Gasteiger partial charge >= 0.3 is 0 Å². The number of ether oxygens (including phenoxy) is 1. The third-order valence-electron chi connectivity index (χ3n) is 3.72. The highest BCUT2D eigenvalue weighted by Crippen LogP contribution is 2.54. The van der Waals surface area contributed by atoms with E-state index in [-0.39, 0.29) is 11.8 Å². The Kier molecular flexibility index (Phi) is 3.27. The molecule has 1 aliphatic carbocycles. The Labute approximate surface area is 104 Å². The summed E-state index contributed by atoms with van der Waals surface area (Å²) in [6, 6.07) is 1.87. The Morgan fingerprint density at radius 2 is 1.94 bits per heavy atom. The van der Waals surface area contributed by atoms with Crippen LogP contribution in [0.25, 0.3) is 0 Å². The Balaban J connectivity index is 2.60. The molecule has 1 aliphatic rings. The number of rotatable bonds is 4. The summed E-state index contributed by atoms with van der Waals surface area (Å²) >= 11 is 0. The smallest absolute Gasteiger partial charge is 0.267 e. The summed E-state index contributed by atoms with van der Waals surface area (Å²) in [4.78, 5) is 0. The second-order valence-electron chi connectivity index (χ2n) is 4.82. The first-order valence-corrected chi connectivity index (χ1v) is 5.84. The van der Waals surface area contributed by atoms with Crippen LogP contribution in [0.5, 0.6) is 5.75 Å². The Morgan fingerprint density at radius 1 is 1.33 bits per heavy atom. The van der Waals surface area contributed by atoms with Crippen molar-refractivity contribution in [1.82, 2.24) is 0 Å². The summed E-state index contributed by atoms with van der Waals surface area (Å²) in [5.74, 6) is -0.603. The molecule has 1 saturated carbocycles. The van der Waals surface area contributed by atoms with Crippen LogP contribution in [0, 0.1) is 5.82 Å². The van der Waals surface area contributed by atoms with Crippen molar-refractivity contribution in [2.45, 2.75) is 37.6 Å². The molecule has 18 heavy (non-hydrogen) atoms. The second kappa shape index (κ2) is 4.46. The summed E-state index contributed by atoms with van der Waals surface area (Å²) in [5.41, 5.74) is 5.54. The molecule has 1 atom stereocenters. The number of nitrogens with two attached hydrogens (primary N) is 1. The number of methoxy groups -OCH3 is 1. The SMILES string of the molecule is COc1c(C(F)F)cc(F)cc1C1(C(C)N)CC1. The standard InChI is InChI=1S/C13H16F3NO/c1-7(17)13(3-4-13)10-6-8(14)5-9(12(15)16)11(10)18-2/h5-7,12H,3-4,17H2,1-2H3. The Bertz CT molecular complexity index is 456. The molecule has 1 aromatic rings. The van der Waals surface area contributed by atoms with Gasteiger partial charge in [-0.15, -0.1) is 0 Å². The highest BCUT2D eigenvalue weighted by Gasteiger charge is 2.50. The molecule has 5 heteroatoms. The minimum absolute atomic E-state index is 0.0706. The summed E-state index contributed by atoms with van der Waals surface area (Å²) in [7, 11) is 1.32. The van der Waals surface area contributed by atoms with Crippen LogP contribution < -0.4 is 10.5 Å². The minimum Gasteiger partial charge on any atom is -0.496 e. The van der Waals surface area contributed by atoms with Crippen LogP contribution in [-0.2, 0) is 5.41 Å². The number of hydrogen-bond acceptors (Lipinski definition) is 2. The molecular formula is C13H16F3NO. The van der Waals surface area contributed by atoms with Gasteiger partial charge in [-0.1, -0.05) is 0 Å². The van der Waals surface area contributed by atoms with Gasteiger partial charge in [0.05, 0.1) is 12.7 Å². The van der Waals surface area contributed by atoms with Crippen molar-refractivity contribution in [3.63, 3.8) is 0 Å². The molecule has 0 saturated heterocycles. The maximum absolute atomic E-state index is 13.5. The van der Waals surface area contributed by atoms with Gasteiger partial charge in [0.25, 0.3) is 6.43 Å². The van der Waals surface area contributed by atoms with E-state index in [1.165, 1.54) is 13.2 Å². The van der Waals surface area contributed by atoms with E-state index in [4.69, 9.17) is 10.5 Å². The van der Waals surface area contributed by atoms with Crippen molar-refractivity contribution >= 4 is 0 Å². The van der Waals surface area contributed by atoms with Crippen LogP contribution in [0.1, 0.15) is 37.3 Å². The van der Waals surface area contributed by atoms with Gasteiger partial charge in [-0.25, -0.2) is 13.2 Å². The van der Waals surface area contributed by atoms with Gasteiger partial charge in [0, 0.05) is 17.0 Å². The second-order valence-corrected chi connectivity index (χ2v) is 4.82. The zero-order chi connectivity index (χ0) is 13.5. The van der Waals surface area contributed by atoms with E-state index >= 15 is 0 Å². The minimum atomic E-state index is -2.77. The molecule has 2 nitrogen and oxygen atoms in total. The maximum atomic E-state index is 13.5. The van der Waals surface area contributed by atoms with Gasteiger partial charge < -0.3 is 10.5 Å². The van der Waals surface area contributed by atoms with E-state index in [1.54, 1.807) is 6.92 Å². The van der Waals surface area contributed by atoms with Gasteiger partial charge in [0.1, 0.15) is 11.6 Å². The number of benzene rings is 1.